The van der Waals surface area contributed by atoms with Gasteiger partial charge in [0.15, 0.2) is 5.76 Å². The van der Waals surface area contributed by atoms with Crippen molar-refractivity contribution in [2.75, 3.05) is 0 Å². The number of benzene rings is 2. The summed E-state index contributed by atoms with van der Waals surface area (Å²) in [5.74, 6) is 0.754. The summed E-state index contributed by atoms with van der Waals surface area (Å²) in [6.45, 7) is 4.30. The average molecular weight is 464 g/mol. The van der Waals surface area contributed by atoms with Gasteiger partial charge >= 0.3 is 5.91 Å². The molecule has 7 nitrogen and oxygen atoms in total. The molecule has 0 aliphatic carbocycles. The Labute approximate surface area is 195 Å². The number of hydrogen-bond donors (Lipinski definition) is 2. The fourth-order valence-corrected chi connectivity index (χ4v) is 3.52. The van der Waals surface area contributed by atoms with E-state index >= 15 is 0 Å². The minimum absolute atomic E-state index is 0.00138. The maximum absolute atomic E-state index is 12.2. The van der Waals surface area contributed by atoms with E-state index in [1.165, 1.54) is 18.3 Å². The topological polar surface area (TPSA) is 89.0 Å². The van der Waals surface area contributed by atoms with E-state index in [0.717, 1.165) is 17.1 Å². The van der Waals surface area contributed by atoms with Gasteiger partial charge in [0.1, 0.15) is 23.9 Å². The Balaban J connectivity index is 1.32. The van der Waals surface area contributed by atoms with Gasteiger partial charge in [-0.2, -0.15) is 5.10 Å². The van der Waals surface area contributed by atoms with E-state index in [9.17, 15) is 9.90 Å². The molecule has 0 bridgehead atoms. The number of aromatic hydroxyl groups is 1. The number of rotatable bonds is 7. The monoisotopic (exact) mass is 463 g/mol. The number of carbonyl (C=O) groups excluding carboxylic acids is 1. The number of hydrazone groups is 1. The van der Waals surface area contributed by atoms with Gasteiger partial charge in [-0.15, -0.1) is 0 Å². The third kappa shape index (κ3) is 5.27. The molecule has 0 atom stereocenters. The molecular formula is C25H22ClN3O4. The van der Waals surface area contributed by atoms with Crippen molar-refractivity contribution < 1.29 is 19.1 Å². The summed E-state index contributed by atoms with van der Waals surface area (Å²) in [6, 6.07) is 19.7. The number of amides is 1. The number of phenolic OH excluding ortho intramolecular Hbond substituents is 1. The molecule has 0 saturated heterocycles. The lowest BCUT2D eigenvalue weighted by Gasteiger charge is -2.10. The Morgan fingerprint density at radius 2 is 1.82 bits per heavy atom. The highest BCUT2D eigenvalue weighted by Gasteiger charge is 2.11. The highest BCUT2D eigenvalue weighted by molar-refractivity contribution is 6.30. The molecule has 0 aliphatic heterocycles. The Morgan fingerprint density at radius 3 is 2.55 bits per heavy atom. The summed E-state index contributed by atoms with van der Waals surface area (Å²) in [4.78, 5) is 12.2. The number of halogens is 1. The molecule has 0 unspecified atom stereocenters. The van der Waals surface area contributed by atoms with E-state index in [0.29, 0.717) is 22.1 Å². The summed E-state index contributed by atoms with van der Waals surface area (Å²) in [5.41, 5.74) is 6.12. The van der Waals surface area contributed by atoms with Gasteiger partial charge in [0.25, 0.3) is 0 Å². The molecule has 168 valence electrons. The standard InChI is InChI=1S/C25H22ClN3O4/c1-16-3-4-17(2)29(16)20-6-8-21(9-7-20)32-15-22-10-12-24(33-22)25(31)28-27-14-18-13-19(26)5-11-23(18)30/h3-14,30H,15H2,1-2H3,(H,28,31). The van der Waals surface area contributed by atoms with Crippen molar-refractivity contribution in [3.8, 4) is 17.2 Å². The van der Waals surface area contributed by atoms with Crippen LogP contribution in [0.15, 0.2) is 76.2 Å². The minimum atomic E-state index is -0.527. The lowest BCUT2D eigenvalue weighted by atomic mass is 10.2. The highest BCUT2D eigenvalue weighted by Crippen LogP contribution is 2.21. The van der Waals surface area contributed by atoms with Crippen molar-refractivity contribution in [3.63, 3.8) is 0 Å². The Morgan fingerprint density at radius 1 is 1.09 bits per heavy atom. The first-order chi connectivity index (χ1) is 15.9. The van der Waals surface area contributed by atoms with Gasteiger partial charge in [-0.1, -0.05) is 11.6 Å². The van der Waals surface area contributed by atoms with Gasteiger partial charge in [0.05, 0.1) is 6.21 Å². The third-order valence-corrected chi connectivity index (χ3v) is 5.23. The van der Waals surface area contributed by atoms with Crippen molar-refractivity contribution in [1.82, 2.24) is 9.99 Å². The van der Waals surface area contributed by atoms with Crippen LogP contribution in [-0.2, 0) is 6.61 Å². The number of aryl methyl sites for hydroxylation is 2. The van der Waals surface area contributed by atoms with Gasteiger partial charge in [-0.25, -0.2) is 5.43 Å². The van der Waals surface area contributed by atoms with Crippen LogP contribution in [0.2, 0.25) is 5.02 Å². The van der Waals surface area contributed by atoms with Crippen LogP contribution in [-0.4, -0.2) is 21.8 Å². The molecule has 2 aromatic heterocycles. The zero-order valence-corrected chi connectivity index (χ0v) is 18.8. The summed E-state index contributed by atoms with van der Waals surface area (Å²) >= 11 is 5.89. The molecule has 4 aromatic rings. The van der Waals surface area contributed by atoms with E-state index in [-0.39, 0.29) is 18.1 Å². The Kier molecular flexibility index (Phi) is 6.51. The van der Waals surface area contributed by atoms with Crippen molar-refractivity contribution >= 4 is 23.7 Å². The van der Waals surface area contributed by atoms with Crippen LogP contribution in [0.25, 0.3) is 5.69 Å². The van der Waals surface area contributed by atoms with E-state index in [1.807, 2.05) is 24.3 Å². The van der Waals surface area contributed by atoms with Gasteiger partial charge < -0.3 is 18.8 Å². The number of nitrogens with zero attached hydrogens (tertiary/aromatic N) is 2. The number of furan rings is 1. The fourth-order valence-electron chi connectivity index (χ4n) is 3.34. The number of carbonyl (C=O) groups is 1. The first-order valence-corrected chi connectivity index (χ1v) is 10.6. The Hall–Kier alpha value is -3.97. The first-order valence-electron chi connectivity index (χ1n) is 10.2. The highest BCUT2D eigenvalue weighted by atomic mass is 35.5. The number of ether oxygens (including phenoxy) is 1. The zero-order chi connectivity index (χ0) is 23.4. The predicted molar refractivity (Wildman–Crippen MR) is 126 cm³/mol. The molecule has 8 heteroatoms. The van der Waals surface area contributed by atoms with Crippen LogP contribution in [0.3, 0.4) is 0 Å². The molecular weight excluding hydrogens is 442 g/mol. The SMILES string of the molecule is Cc1ccc(C)n1-c1ccc(OCc2ccc(C(=O)NN=Cc3cc(Cl)ccc3O)o2)cc1. The summed E-state index contributed by atoms with van der Waals surface area (Å²) in [7, 11) is 0. The number of aromatic nitrogens is 1. The van der Waals surface area contributed by atoms with Crippen molar-refractivity contribution in [3.05, 3.63) is 100 Å². The summed E-state index contributed by atoms with van der Waals surface area (Å²) < 4.78 is 13.5. The van der Waals surface area contributed by atoms with Gasteiger partial charge in [-0.05, 0) is 80.6 Å². The zero-order valence-electron chi connectivity index (χ0n) is 18.1. The number of nitrogens with one attached hydrogen (secondary N) is 1. The second kappa shape index (κ2) is 9.67. The molecule has 1 amide bonds. The average Bonchev–Trinajstić information content (AvgIpc) is 3.41. The van der Waals surface area contributed by atoms with Crippen molar-refractivity contribution in [1.29, 1.82) is 0 Å². The maximum Gasteiger partial charge on any atom is 0.307 e. The number of hydrogen-bond acceptors (Lipinski definition) is 5. The summed E-state index contributed by atoms with van der Waals surface area (Å²) in [6.07, 6.45) is 1.30. The van der Waals surface area contributed by atoms with Crippen LogP contribution >= 0.6 is 11.6 Å². The van der Waals surface area contributed by atoms with Crippen LogP contribution < -0.4 is 10.2 Å². The molecule has 2 heterocycles. The van der Waals surface area contributed by atoms with Crippen molar-refractivity contribution in [2.24, 2.45) is 5.10 Å². The largest absolute Gasteiger partial charge is 0.507 e. The van der Waals surface area contributed by atoms with Gasteiger partial charge in [0.2, 0.25) is 0 Å². The first kappa shape index (κ1) is 22.2. The normalized spacial score (nSPS) is 11.1. The second-order valence-electron chi connectivity index (χ2n) is 7.40. The third-order valence-electron chi connectivity index (χ3n) is 4.99. The maximum atomic E-state index is 12.2. The van der Waals surface area contributed by atoms with Gasteiger partial charge in [0, 0.05) is 27.7 Å². The number of phenols is 1. The molecule has 33 heavy (non-hydrogen) atoms. The minimum Gasteiger partial charge on any atom is -0.507 e. The lowest BCUT2D eigenvalue weighted by molar-refractivity contribution is 0.0923. The summed E-state index contributed by atoms with van der Waals surface area (Å²) in [5, 5.41) is 14.0. The molecule has 2 aromatic carbocycles. The molecule has 2 N–H and O–H groups in total. The van der Waals surface area contributed by atoms with Crippen LogP contribution in [0.5, 0.6) is 11.5 Å². The van der Waals surface area contributed by atoms with E-state index in [2.05, 4.69) is 41.1 Å². The van der Waals surface area contributed by atoms with Crippen LogP contribution in [0, 0.1) is 13.8 Å². The predicted octanol–water partition coefficient (Wildman–Crippen LogP) is 5.39. The molecule has 0 spiro atoms. The quantitative estimate of drug-likeness (QED) is 0.284. The smallest absolute Gasteiger partial charge is 0.307 e. The second-order valence-corrected chi connectivity index (χ2v) is 7.84. The van der Waals surface area contributed by atoms with E-state index < -0.39 is 5.91 Å². The fraction of sp³-hybridized carbons (Fsp3) is 0.120. The molecule has 0 fully saturated rings. The van der Waals surface area contributed by atoms with Gasteiger partial charge in [-0.3, -0.25) is 4.79 Å². The Bertz CT molecular complexity index is 1290. The molecule has 4 rings (SSSR count). The lowest BCUT2D eigenvalue weighted by Crippen LogP contribution is -2.16. The molecule has 0 saturated carbocycles. The van der Waals surface area contributed by atoms with Crippen LogP contribution in [0.1, 0.15) is 33.3 Å². The molecule has 0 radical (unpaired) electrons. The van der Waals surface area contributed by atoms with E-state index in [4.69, 9.17) is 20.8 Å². The van der Waals surface area contributed by atoms with E-state index in [1.54, 1.807) is 18.2 Å². The van der Waals surface area contributed by atoms with Crippen molar-refractivity contribution in [2.45, 2.75) is 20.5 Å². The molecule has 0 aliphatic rings. The van der Waals surface area contributed by atoms with Crippen LogP contribution in [0.4, 0.5) is 0 Å².